The molecule has 1 aromatic heterocycles. The van der Waals surface area contributed by atoms with E-state index < -0.39 is 0 Å². The van der Waals surface area contributed by atoms with Crippen LogP contribution in [0, 0.1) is 11.3 Å². The van der Waals surface area contributed by atoms with Crippen LogP contribution in [0.15, 0.2) is 18.0 Å². The van der Waals surface area contributed by atoms with Crippen LogP contribution in [0.3, 0.4) is 0 Å². The van der Waals surface area contributed by atoms with Crippen molar-refractivity contribution in [2.24, 2.45) is 5.73 Å². The second-order valence-electron chi connectivity index (χ2n) is 5.46. The Bertz CT molecular complexity index is 523. The maximum atomic E-state index is 8.76. The van der Waals surface area contributed by atoms with E-state index in [9.17, 15) is 0 Å². The lowest BCUT2D eigenvalue weighted by molar-refractivity contribution is 0.378. The smallest absolute Gasteiger partial charge is 0.129 e. The molecule has 0 radical (unpaired) electrons. The summed E-state index contributed by atoms with van der Waals surface area (Å²) in [4.78, 5) is 4.03. The average molecular weight is 279 g/mol. The Kier molecular flexibility index (Phi) is 4.93. The highest BCUT2D eigenvalue weighted by atomic mass is 35.5. The summed E-state index contributed by atoms with van der Waals surface area (Å²) in [7, 11) is 0. The summed E-state index contributed by atoms with van der Waals surface area (Å²) in [6.07, 6.45) is 3.24. The highest BCUT2D eigenvalue weighted by molar-refractivity contribution is 6.29. The third kappa shape index (κ3) is 4.90. The molecule has 0 aliphatic rings. The summed E-state index contributed by atoms with van der Waals surface area (Å²) in [6.45, 7) is 8.30. The van der Waals surface area contributed by atoms with Crippen molar-refractivity contribution in [1.82, 2.24) is 10.3 Å². The van der Waals surface area contributed by atoms with E-state index in [1.54, 1.807) is 18.3 Å². The molecular formula is C14H19ClN4. The third-order valence-electron chi connectivity index (χ3n) is 2.49. The standard InChI is InChI=1S/C14H19ClN4/c1-9(19-14(2,3)4)12-6-13(15)18-8-10(12)5-11(17)7-16/h5-6,8-9,19H,17H2,1-4H3/b11-5-. The van der Waals surface area contributed by atoms with Crippen molar-refractivity contribution >= 4 is 17.7 Å². The Morgan fingerprint density at radius 2 is 2.21 bits per heavy atom. The SMILES string of the molecule is CC(NC(C)(C)C)c1cc(Cl)ncc1/C=C(\N)C#N. The van der Waals surface area contributed by atoms with Crippen molar-refractivity contribution in [1.29, 1.82) is 5.26 Å². The highest BCUT2D eigenvalue weighted by Gasteiger charge is 2.17. The van der Waals surface area contributed by atoms with Crippen molar-refractivity contribution in [3.05, 3.63) is 34.2 Å². The van der Waals surface area contributed by atoms with Gasteiger partial charge >= 0.3 is 0 Å². The molecule has 3 N–H and O–H groups in total. The molecule has 0 spiro atoms. The zero-order valence-electron chi connectivity index (χ0n) is 11.7. The van der Waals surface area contributed by atoms with Gasteiger partial charge in [0.25, 0.3) is 0 Å². The summed E-state index contributed by atoms with van der Waals surface area (Å²) in [5.41, 5.74) is 7.44. The highest BCUT2D eigenvalue weighted by Crippen LogP contribution is 2.24. The van der Waals surface area contributed by atoms with E-state index in [1.165, 1.54) is 0 Å². The summed E-state index contributed by atoms with van der Waals surface area (Å²) >= 11 is 5.95. The minimum absolute atomic E-state index is 0.0308. The number of rotatable bonds is 3. The molecule has 1 heterocycles. The minimum atomic E-state index is -0.0308. The van der Waals surface area contributed by atoms with E-state index in [-0.39, 0.29) is 17.3 Å². The van der Waals surface area contributed by atoms with Crippen LogP contribution in [0.25, 0.3) is 6.08 Å². The van der Waals surface area contributed by atoms with Gasteiger partial charge in [0.2, 0.25) is 0 Å². The Morgan fingerprint density at radius 3 is 2.74 bits per heavy atom. The first kappa shape index (κ1) is 15.5. The van der Waals surface area contributed by atoms with Gasteiger partial charge in [-0.1, -0.05) is 11.6 Å². The van der Waals surface area contributed by atoms with Gasteiger partial charge in [-0.15, -0.1) is 0 Å². The summed E-state index contributed by atoms with van der Waals surface area (Å²) in [5, 5.41) is 12.6. The molecule has 1 rings (SSSR count). The van der Waals surface area contributed by atoms with E-state index in [0.29, 0.717) is 5.15 Å². The lowest BCUT2D eigenvalue weighted by Gasteiger charge is -2.27. The van der Waals surface area contributed by atoms with Gasteiger partial charge < -0.3 is 11.1 Å². The number of nitriles is 1. The first-order valence-corrected chi connectivity index (χ1v) is 6.41. The van der Waals surface area contributed by atoms with Crippen molar-refractivity contribution < 1.29 is 0 Å². The van der Waals surface area contributed by atoms with Crippen molar-refractivity contribution in [3.63, 3.8) is 0 Å². The molecule has 1 unspecified atom stereocenters. The fourth-order valence-electron chi connectivity index (χ4n) is 1.88. The number of nitrogens with zero attached hydrogens (tertiary/aromatic N) is 2. The molecule has 0 aliphatic heterocycles. The van der Waals surface area contributed by atoms with Crippen molar-refractivity contribution in [2.45, 2.75) is 39.3 Å². The van der Waals surface area contributed by atoms with Gasteiger partial charge in [0.05, 0.1) is 0 Å². The summed E-state index contributed by atoms with van der Waals surface area (Å²) in [5.74, 6) is 0. The lowest BCUT2D eigenvalue weighted by atomic mass is 9.99. The molecule has 5 heteroatoms. The van der Waals surface area contributed by atoms with Crippen LogP contribution >= 0.6 is 11.6 Å². The Hall–Kier alpha value is -1.57. The molecule has 0 saturated heterocycles. The maximum Gasteiger partial charge on any atom is 0.129 e. The zero-order chi connectivity index (χ0) is 14.6. The number of allylic oxidation sites excluding steroid dienone is 1. The molecule has 0 amide bonds. The van der Waals surface area contributed by atoms with Gasteiger partial charge in [-0.05, 0) is 45.4 Å². The van der Waals surface area contributed by atoms with E-state index in [2.05, 4.69) is 31.1 Å². The first-order valence-electron chi connectivity index (χ1n) is 6.03. The molecule has 0 aliphatic carbocycles. The third-order valence-corrected chi connectivity index (χ3v) is 2.70. The number of nitrogens with two attached hydrogens (primary N) is 1. The van der Waals surface area contributed by atoms with Gasteiger partial charge in [0.15, 0.2) is 0 Å². The topological polar surface area (TPSA) is 74.7 Å². The van der Waals surface area contributed by atoms with E-state index >= 15 is 0 Å². The summed E-state index contributed by atoms with van der Waals surface area (Å²) < 4.78 is 0. The van der Waals surface area contributed by atoms with Gasteiger partial charge in [-0.2, -0.15) is 5.26 Å². The molecule has 0 bridgehead atoms. The number of pyridine rings is 1. The number of aromatic nitrogens is 1. The van der Waals surface area contributed by atoms with E-state index in [1.807, 2.05) is 13.0 Å². The summed E-state index contributed by atoms with van der Waals surface area (Å²) in [6, 6.07) is 3.76. The predicted octanol–water partition coefficient (Wildman–Crippen LogP) is 3.01. The second-order valence-corrected chi connectivity index (χ2v) is 5.85. The van der Waals surface area contributed by atoms with Crippen LogP contribution in [0.1, 0.15) is 44.9 Å². The van der Waals surface area contributed by atoms with Crippen molar-refractivity contribution in [3.8, 4) is 6.07 Å². The maximum absolute atomic E-state index is 8.76. The Labute approximate surface area is 119 Å². The van der Waals surface area contributed by atoms with Gasteiger partial charge in [0, 0.05) is 23.3 Å². The molecule has 19 heavy (non-hydrogen) atoms. The van der Waals surface area contributed by atoms with Gasteiger partial charge in [-0.3, -0.25) is 0 Å². The number of hydrogen-bond acceptors (Lipinski definition) is 4. The molecule has 1 aromatic rings. The van der Waals surface area contributed by atoms with Crippen LogP contribution < -0.4 is 11.1 Å². The van der Waals surface area contributed by atoms with Crippen LogP contribution in [-0.2, 0) is 0 Å². The fourth-order valence-corrected chi connectivity index (χ4v) is 2.04. The normalized spacial score (nSPS) is 14.0. The van der Waals surface area contributed by atoms with E-state index in [0.717, 1.165) is 11.1 Å². The number of nitrogens with one attached hydrogen (secondary N) is 1. The largest absolute Gasteiger partial charge is 0.390 e. The lowest BCUT2D eigenvalue weighted by Crippen LogP contribution is -2.37. The fraction of sp³-hybridized carbons (Fsp3) is 0.429. The van der Waals surface area contributed by atoms with E-state index in [4.69, 9.17) is 22.6 Å². The monoisotopic (exact) mass is 278 g/mol. The van der Waals surface area contributed by atoms with Gasteiger partial charge in [0.1, 0.15) is 16.9 Å². The first-order chi connectivity index (χ1) is 8.73. The van der Waals surface area contributed by atoms with Crippen LogP contribution in [0.4, 0.5) is 0 Å². The van der Waals surface area contributed by atoms with Crippen LogP contribution in [0.5, 0.6) is 0 Å². The number of hydrogen-bond donors (Lipinski definition) is 2. The molecule has 0 aromatic carbocycles. The van der Waals surface area contributed by atoms with Crippen LogP contribution in [0.2, 0.25) is 5.15 Å². The molecule has 0 fully saturated rings. The molecule has 4 nitrogen and oxygen atoms in total. The molecular weight excluding hydrogens is 260 g/mol. The molecule has 0 saturated carbocycles. The zero-order valence-corrected chi connectivity index (χ0v) is 12.4. The minimum Gasteiger partial charge on any atom is -0.390 e. The molecule has 102 valence electrons. The second kappa shape index (κ2) is 6.05. The Balaban J connectivity index is 3.18. The molecule has 1 atom stereocenters. The van der Waals surface area contributed by atoms with Gasteiger partial charge in [-0.25, -0.2) is 4.98 Å². The Morgan fingerprint density at radius 1 is 1.58 bits per heavy atom. The number of halogens is 1. The van der Waals surface area contributed by atoms with Crippen molar-refractivity contribution in [2.75, 3.05) is 0 Å². The average Bonchev–Trinajstić information content (AvgIpc) is 2.29. The predicted molar refractivity (Wildman–Crippen MR) is 78.3 cm³/mol. The van der Waals surface area contributed by atoms with Crippen LogP contribution in [-0.4, -0.2) is 10.5 Å². The quantitative estimate of drug-likeness (QED) is 0.658.